The highest BCUT2D eigenvalue weighted by molar-refractivity contribution is 7.13. The molecule has 0 bridgehead atoms. The summed E-state index contributed by atoms with van der Waals surface area (Å²) in [7, 11) is 1.54. The van der Waals surface area contributed by atoms with Crippen LogP contribution in [0.4, 0.5) is 15.9 Å². The number of rotatable bonds is 24. The van der Waals surface area contributed by atoms with Crippen LogP contribution in [-0.2, 0) is 36.9 Å². The van der Waals surface area contributed by atoms with Crippen molar-refractivity contribution in [3.63, 3.8) is 0 Å². The van der Waals surface area contributed by atoms with Gasteiger partial charge in [0, 0.05) is 54.3 Å². The fourth-order valence-corrected chi connectivity index (χ4v) is 9.70. The fraction of sp³-hybridized carbons (Fsp3) is 0.385. The Morgan fingerprint density at radius 3 is 2.29 bits per heavy atom. The van der Waals surface area contributed by atoms with Crippen molar-refractivity contribution in [2.75, 3.05) is 71.8 Å². The van der Waals surface area contributed by atoms with Gasteiger partial charge < -0.3 is 54.0 Å². The lowest BCUT2D eigenvalue weighted by atomic mass is 10.0. The van der Waals surface area contributed by atoms with Gasteiger partial charge in [-0.3, -0.25) is 14.4 Å². The third-order valence-electron chi connectivity index (χ3n) is 12.3. The number of methoxy groups -OCH3 is 1. The van der Waals surface area contributed by atoms with Crippen molar-refractivity contribution >= 4 is 63.1 Å². The fourth-order valence-electron chi connectivity index (χ4n) is 8.72. The maximum Gasteiger partial charge on any atom is 0.255 e. The van der Waals surface area contributed by atoms with Gasteiger partial charge in [-0.15, -0.1) is 11.3 Å². The molecule has 2 aliphatic heterocycles. The number of hydrogen-bond donors (Lipinski definition) is 3. The molecule has 1 fully saturated rings. The van der Waals surface area contributed by atoms with E-state index in [0.717, 1.165) is 21.7 Å². The van der Waals surface area contributed by atoms with Crippen molar-refractivity contribution in [2.45, 2.75) is 58.5 Å². The Kier molecular flexibility index (Phi) is 17.5. The van der Waals surface area contributed by atoms with Crippen molar-refractivity contribution in [2.24, 2.45) is 5.92 Å². The van der Waals surface area contributed by atoms with E-state index in [0.29, 0.717) is 83.8 Å². The van der Waals surface area contributed by atoms with E-state index in [2.05, 4.69) is 25.6 Å². The Morgan fingerprint density at radius 1 is 0.889 bits per heavy atom. The van der Waals surface area contributed by atoms with Crippen molar-refractivity contribution in [1.82, 2.24) is 30.1 Å². The monoisotopic (exact) mass is 1030 g/mol. The predicted octanol–water partition coefficient (Wildman–Crippen LogP) is 7.37. The highest BCUT2D eigenvalue weighted by Gasteiger charge is 2.46. The molecule has 4 heterocycles. The lowest BCUT2D eigenvalue weighted by Gasteiger charge is -2.35. The molecule has 3 N–H and O–H groups in total. The number of benzene rings is 4. The van der Waals surface area contributed by atoms with Gasteiger partial charge in [0.05, 0.1) is 79.5 Å². The summed E-state index contributed by atoms with van der Waals surface area (Å²) in [5.74, 6) is 0.229. The van der Waals surface area contributed by atoms with Gasteiger partial charge in [-0.25, -0.2) is 19.3 Å². The van der Waals surface area contributed by atoms with E-state index in [1.807, 2.05) is 51.1 Å². The Labute approximate surface area is 425 Å². The number of nitrogens with one attached hydrogen (secondary N) is 2. The molecule has 3 amide bonds. The van der Waals surface area contributed by atoms with E-state index in [-0.39, 0.29) is 68.7 Å². The third-order valence-corrected chi connectivity index (χ3v) is 13.5. The first-order chi connectivity index (χ1) is 34.9. The van der Waals surface area contributed by atoms with Crippen molar-refractivity contribution < 1.29 is 52.3 Å². The lowest BCUT2D eigenvalue weighted by Crippen LogP contribution is -2.55. The van der Waals surface area contributed by atoms with E-state index in [4.69, 9.17) is 40.0 Å². The number of β-amino-alcohol motifs (C(OH)–C–C–N with tert-alkyl or cyclic N) is 1. The first-order valence-corrected chi connectivity index (χ1v) is 24.9. The second-order valence-electron chi connectivity index (χ2n) is 17.5. The molecule has 8 rings (SSSR count). The summed E-state index contributed by atoms with van der Waals surface area (Å²) in [6, 6.07) is 19.2. The number of ether oxygens (including phenoxy) is 6. The molecule has 0 saturated carbocycles. The van der Waals surface area contributed by atoms with Crippen LogP contribution in [-0.4, -0.2) is 132 Å². The minimum absolute atomic E-state index is 0.0118. The summed E-state index contributed by atoms with van der Waals surface area (Å²) >= 11 is 7.49. The number of aromatic nitrogens is 3. The Morgan fingerprint density at radius 2 is 1.61 bits per heavy atom. The molecule has 380 valence electrons. The zero-order valence-electron chi connectivity index (χ0n) is 40.4. The number of likely N-dealkylation sites (tertiary alicyclic amines) is 1. The molecule has 1 saturated heterocycles. The minimum atomic E-state index is -0.924. The predicted molar refractivity (Wildman–Crippen MR) is 269 cm³/mol. The van der Waals surface area contributed by atoms with Crippen LogP contribution in [0.25, 0.3) is 21.3 Å². The third kappa shape index (κ3) is 12.4. The smallest absolute Gasteiger partial charge is 0.255 e. The summed E-state index contributed by atoms with van der Waals surface area (Å²) in [6.07, 6.45) is 0.597. The zero-order chi connectivity index (χ0) is 50.7. The molecular weight excluding hydrogens is 969 g/mol. The average molecular weight is 1030 g/mol. The van der Waals surface area contributed by atoms with Crippen molar-refractivity contribution in [1.29, 1.82) is 0 Å². The van der Waals surface area contributed by atoms with E-state index in [1.54, 1.807) is 47.9 Å². The Hall–Kier alpha value is -6.48. The molecular formula is C52H57ClFN7O10S. The second-order valence-corrected chi connectivity index (χ2v) is 18.8. The first kappa shape index (κ1) is 51.9. The van der Waals surface area contributed by atoms with Crippen LogP contribution < -0.4 is 24.8 Å². The number of nitrogens with zero attached hydrogens (tertiary/aromatic N) is 5. The van der Waals surface area contributed by atoms with Crippen LogP contribution in [0.3, 0.4) is 0 Å². The number of carbonyl (C=O) groups excluding carboxylic acids is 3. The number of aliphatic hydroxyl groups excluding tert-OH is 1. The Balaban J connectivity index is 0.772. The van der Waals surface area contributed by atoms with Crippen LogP contribution in [0.1, 0.15) is 47.4 Å². The molecule has 2 aliphatic rings. The average Bonchev–Trinajstić information content (AvgIpc) is 4.09. The highest BCUT2D eigenvalue weighted by Crippen LogP contribution is 2.36. The van der Waals surface area contributed by atoms with E-state index < -0.39 is 29.9 Å². The Bertz CT molecular complexity index is 2870. The van der Waals surface area contributed by atoms with Crippen LogP contribution >= 0.6 is 22.9 Å². The second kappa shape index (κ2) is 24.3. The number of carbonyl (C=O) groups is 3. The molecule has 6 aromatic rings. The topological polar surface area (TPSA) is 196 Å². The molecule has 0 aliphatic carbocycles. The maximum atomic E-state index is 14.2. The SMILES string of the molecule is COc1cc2ncnc(Nc3ccc(F)c(Cl)c3)c2cc1OCCOCCOCCOCCOc1cc(-c2scnc2C)ccc1CNC(=O)[C@@H]1C[C@@H](O)CN1C(=O)[C@H](C(C)C)N1Cc2ccccc2C1=O. The van der Waals surface area contributed by atoms with Gasteiger partial charge in [0.2, 0.25) is 11.8 Å². The normalized spacial score (nSPS) is 15.8. The summed E-state index contributed by atoms with van der Waals surface area (Å²) in [6.45, 7) is 8.44. The summed E-state index contributed by atoms with van der Waals surface area (Å²) < 4.78 is 48.7. The number of hydrogen-bond acceptors (Lipinski definition) is 15. The number of halogens is 2. The maximum absolute atomic E-state index is 14.2. The van der Waals surface area contributed by atoms with Crippen molar-refractivity contribution in [3.8, 4) is 27.7 Å². The molecule has 2 aromatic heterocycles. The summed E-state index contributed by atoms with van der Waals surface area (Å²) in [4.78, 5) is 58.7. The molecule has 0 unspecified atom stereocenters. The molecule has 0 radical (unpaired) electrons. The largest absolute Gasteiger partial charge is 0.493 e. The zero-order valence-corrected chi connectivity index (χ0v) is 42.0. The molecule has 0 spiro atoms. The number of aliphatic hydroxyl groups is 1. The standard InChI is InChI=1S/C52H57ClFN7O10S/c1-31(2)47(61-27-35-7-5-6-8-38(35)51(61)64)52(65)60-28-37(62)23-43(60)50(63)55-26-34-10-9-33(48-32(3)58-30-72-48)21-44(34)70-19-17-68-15-13-67-14-16-69-18-20-71-46-24-39-42(25-45(46)66-4)56-29-57-49(39)59-36-11-12-41(54)40(53)22-36/h5-12,21-22,24-25,29-31,37,43,47,62H,13-20,23,26-28H2,1-4H3,(H,55,63)(H,56,57,59)/t37-,43+,47+/m1/s1. The van der Waals surface area contributed by atoms with E-state index in [9.17, 15) is 23.9 Å². The van der Waals surface area contributed by atoms with Gasteiger partial charge in [-0.05, 0) is 60.4 Å². The first-order valence-electron chi connectivity index (χ1n) is 23.6. The quantitative estimate of drug-likeness (QED) is 0.0509. The molecule has 20 heteroatoms. The molecule has 17 nitrogen and oxygen atoms in total. The minimum Gasteiger partial charge on any atom is -0.493 e. The van der Waals surface area contributed by atoms with Crippen LogP contribution in [0.5, 0.6) is 17.2 Å². The molecule has 72 heavy (non-hydrogen) atoms. The van der Waals surface area contributed by atoms with Gasteiger partial charge in [0.15, 0.2) is 11.5 Å². The van der Waals surface area contributed by atoms with Gasteiger partial charge in [0.1, 0.15) is 49.0 Å². The van der Waals surface area contributed by atoms with Gasteiger partial charge in [-0.1, -0.05) is 55.8 Å². The molecule has 4 aromatic carbocycles. The summed E-state index contributed by atoms with van der Waals surface area (Å²) in [5.41, 5.74) is 6.89. The number of thiazole rings is 1. The molecule has 3 atom stereocenters. The number of anilines is 2. The van der Waals surface area contributed by atoms with Crippen molar-refractivity contribution in [3.05, 3.63) is 118 Å². The van der Waals surface area contributed by atoms with Crippen LogP contribution in [0.15, 0.2) is 84.6 Å². The van der Waals surface area contributed by atoms with Gasteiger partial charge in [-0.2, -0.15) is 0 Å². The van der Waals surface area contributed by atoms with E-state index in [1.165, 1.54) is 34.7 Å². The van der Waals surface area contributed by atoms with Crippen LogP contribution in [0.2, 0.25) is 5.02 Å². The lowest BCUT2D eigenvalue weighted by molar-refractivity contribution is -0.143. The van der Waals surface area contributed by atoms with Gasteiger partial charge >= 0.3 is 0 Å². The number of amides is 3. The number of aryl methyl sites for hydroxylation is 1. The van der Waals surface area contributed by atoms with Crippen LogP contribution in [0, 0.1) is 18.7 Å². The summed E-state index contributed by atoms with van der Waals surface area (Å²) in [5, 5.41) is 17.5. The highest BCUT2D eigenvalue weighted by atomic mass is 35.5. The van der Waals surface area contributed by atoms with E-state index >= 15 is 0 Å². The van der Waals surface area contributed by atoms with Gasteiger partial charge in [0.25, 0.3) is 5.91 Å². The number of fused-ring (bicyclic) bond motifs is 2.